The molecule has 6 nitrogen and oxygen atoms in total. The summed E-state index contributed by atoms with van der Waals surface area (Å²) in [5, 5.41) is 2.98. The van der Waals surface area contributed by atoms with Gasteiger partial charge in [0.05, 0.1) is 18.1 Å². The number of piperidine rings is 1. The highest BCUT2D eigenvalue weighted by atomic mass is 35.5. The molecule has 0 saturated carbocycles. The van der Waals surface area contributed by atoms with E-state index in [9.17, 15) is 13.2 Å². The van der Waals surface area contributed by atoms with E-state index in [0.29, 0.717) is 31.2 Å². The van der Waals surface area contributed by atoms with Crippen LogP contribution in [0.25, 0.3) is 0 Å². The van der Waals surface area contributed by atoms with Crippen LogP contribution in [0.5, 0.6) is 0 Å². The monoisotopic (exact) mass is 402 g/mol. The van der Waals surface area contributed by atoms with Gasteiger partial charge in [0.25, 0.3) is 5.91 Å². The van der Waals surface area contributed by atoms with Crippen LogP contribution in [0.3, 0.4) is 0 Å². The highest BCUT2D eigenvalue weighted by Gasteiger charge is 2.26. The number of nitrogens with zero attached hydrogens (tertiary/aromatic N) is 1. The molecule has 26 heavy (non-hydrogen) atoms. The van der Waals surface area contributed by atoms with Crippen LogP contribution in [-0.2, 0) is 14.8 Å². The van der Waals surface area contributed by atoms with Gasteiger partial charge in [-0.15, -0.1) is 0 Å². The minimum atomic E-state index is -3.68. The van der Waals surface area contributed by atoms with Crippen LogP contribution in [0.15, 0.2) is 23.1 Å². The number of rotatable bonds is 7. The second-order valence-electron chi connectivity index (χ2n) is 6.91. The molecule has 1 heterocycles. The van der Waals surface area contributed by atoms with E-state index in [2.05, 4.69) is 12.2 Å². The van der Waals surface area contributed by atoms with Crippen molar-refractivity contribution in [1.82, 2.24) is 4.31 Å². The minimum absolute atomic E-state index is 0.0274. The summed E-state index contributed by atoms with van der Waals surface area (Å²) in [4.78, 5) is 13.7. The van der Waals surface area contributed by atoms with Crippen molar-refractivity contribution < 1.29 is 18.1 Å². The van der Waals surface area contributed by atoms with Gasteiger partial charge in [-0.2, -0.15) is 4.31 Å². The number of halogens is 1. The van der Waals surface area contributed by atoms with Crippen LogP contribution in [0, 0.1) is 5.92 Å². The lowest BCUT2D eigenvalue weighted by atomic mass is 10.0. The molecule has 1 aliphatic heterocycles. The molecule has 0 radical (unpaired) electrons. The molecule has 1 unspecified atom stereocenters. The van der Waals surface area contributed by atoms with E-state index in [1.165, 1.54) is 27.8 Å². The molecule has 0 spiro atoms. The molecule has 2 N–H and O–H groups in total. The number of carbonyl (C=O) groups is 1. The van der Waals surface area contributed by atoms with E-state index in [1.807, 2.05) is 0 Å². The van der Waals surface area contributed by atoms with Crippen molar-refractivity contribution in [2.24, 2.45) is 5.92 Å². The summed E-state index contributed by atoms with van der Waals surface area (Å²) >= 11 is 6.12. The maximum absolute atomic E-state index is 12.7. The molecule has 0 bridgehead atoms. The molecule has 0 aromatic heterocycles. The third-order valence-corrected chi connectivity index (χ3v) is 7.34. The van der Waals surface area contributed by atoms with E-state index in [-0.39, 0.29) is 15.8 Å². The quantitative estimate of drug-likeness (QED) is 0.728. The number of amides is 1. The van der Waals surface area contributed by atoms with Crippen molar-refractivity contribution in [3.63, 3.8) is 0 Å². The van der Waals surface area contributed by atoms with Crippen LogP contribution >= 0.6 is 11.6 Å². The first kappa shape index (κ1) is 21.2. The summed E-state index contributed by atoms with van der Waals surface area (Å²) in [6, 6.07) is 4.60. The standard InChI is InChI=1S/C18H28ClN3O3S/c1-4-22(5-2)26(24,25)17-11-15(8-9-16(17)19)20-18(23)13-21-10-6-7-14(3)12-21/h8-9,11,14H,4-7,10,12-13H2,1-3H3,(H,20,23)/p+1/t14-/m1/s1. The zero-order valence-electron chi connectivity index (χ0n) is 15.7. The van der Waals surface area contributed by atoms with Crippen LogP contribution < -0.4 is 10.2 Å². The number of benzene rings is 1. The predicted molar refractivity (Wildman–Crippen MR) is 104 cm³/mol. The Bertz CT molecular complexity index is 735. The lowest BCUT2D eigenvalue weighted by molar-refractivity contribution is -0.900. The van der Waals surface area contributed by atoms with Gasteiger partial charge in [0.1, 0.15) is 4.90 Å². The van der Waals surface area contributed by atoms with E-state index >= 15 is 0 Å². The first-order valence-electron chi connectivity index (χ1n) is 9.21. The second kappa shape index (κ2) is 9.17. The number of quaternary nitrogens is 1. The molecule has 1 aromatic carbocycles. The van der Waals surface area contributed by atoms with Gasteiger partial charge in [0, 0.05) is 24.7 Å². The predicted octanol–water partition coefficient (Wildman–Crippen LogP) is 1.62. The number of likely N-dealkylation sites (tertiary alicyclic amines) is 1. The summed E-state index contributed by atoms with van der Waals surface area (Å²) in [5.41, 5.74) is 0.453. The van der Waals surface area contributed by atoms with Gasteiger partial charge in [0.2, 0.25) is 10.0 Å². The Balaban J connectivity index is 2.12. The average molecular weight is 403 g/mol. The number of anilines is 1. The summed E-state index contributed by atoms with van der Waals surface area (Å²) in [7, 11) is -3.68. The molecular weight excluding hydrogens is 374 g/mol. The van der Waals surface area contributed by atoms with Crippen LogP contribution in [-0.4, -0.2) is 51.4 Å². The Labute approximate surface area is 161 Å². The Morgan fingerprint density at radius 3 is 2.65 bits per heavy atom. The zero-order valence-corrected chi connectivity index (χ0v) is 17.3. The number of hydrogen-bond donors (Lipinski definition) is 2. The second-order valence-corrected chi connectivity index (χ2v) is 9.22. The molecule has 1 saturated heterocycles. The molecule has 1 fully saturated rings. The molecule has 1 aromatic rings. The Morgan fingerprint density at radius 2 is 2.04 bits per heavy atom. The minimum Gasteiger partial charge on any atom is -0.327 e. The number of nitrogens with one attached hydrogen (secondary N) is 2. The lowest BCUT2D eigenvalue weighted by Gasteiger charge is -2.27. The fourth-order valence-corrected chi connectivity index (χ4v) is 5.43. The molecule has 8 heteroatoms. The largest absolute Gasteiger partial charge is 0.327 e. The molecule has 1 aliphatic rings. The van der Waals surface area contributed by atoms with Gasteiger partial charge in [0.15, 0.2) is 6.54 Å². The normalized spacial score (nSPS) is 21.0. The maximum Gasteiger partial charge on any atom is 0.279 e. The van der Waals surface area contributed by atoms with Gasteiger partial charge in [-0.05, 0) is 31.0 Å². The van der Waals surface area contributed by atoms with Crippen molar-refractivity contribution in [2.75, 3.05) is 38.0 Å². The van der Waals surface area contributed by atoms with Crippen LogP contribution in [0.1, 0.15) is 33.6 Å². The summed E-state index contributed by atoms with van der Waals surface area (Å²) in [6.07, 6.45) is 2.35. The van der Waals surface area contributed by atoms with Crippen molar-refractivity contribution in [2.45, 2.75) is 38.5 Å². The molecular formula is C18H29ClN3O3S+. The van der Waals surface area contributed by atoms with Gasteiger partial charge < -0.3 is 10.2 Å². The van der Waals surface area contributed by atoms with E-state index in [1.54, 1.807) is 19.9 Å². The fourth-order valence-electron chi connectivity index (χ4n) is 3.47. The number of carbonyl (C=O) groups excluding carboxylic acids is 1. The van der Waals surface area contributed by atoms with Crippen molar-refractivity contribution >= 4 is 33.2 Å². The van der Waals surface area contributed by atoms with Gasteiger partial charge in [-0.3, -0.25) is 4.79 Å². The van der Waals surface area contributed by atoms with Crippen LogP contribution in [0.4, 0.5) is 5.69 Å². The van der Waals surface area contributed by atoms with Crippen molar-refractivity contribution in [1.29, 1.82) is 0 Å². The fraction of sp³-hybridized carbons (Fsp3) is 0.611. The van der Waals surface area contributed by atoms with E-state index in [4.69, 9.17) is 11.6 Å². The Kier molecular flexibility index (Phi) is 7.46. The molecule has 146 valence electrons. The molecule has 2 atom stereocenters. The summed E-state index contributed by atoms with van der Waals surface area (Å²) in [6.45, 7) is 8.89. The first-order chi connectivity index (χ1) is 12.3. The molecule has 0 aliphatic carbocycles. The number of sulfonamides is 1. The zero-order chi connectivity index (χ0) is 19.3. The third-order valence-electron chi connectivity index (χ3n) is 4.81. The summed E-state index contributed by atoms with van der Waals surface area (Å²) in [5.74, 6) is 0.524. The van der Waals surface area contributed by atoms with Gasteiger partial charge >= 0.3 is 0 Å². The Morgan fingerprint density at radius 1 is 1.35 bits per heavy atom. The highest BCUT2D eigenvalue weighted by Crippen LogP contribution is 2.27. The molecule has 2 rings (SSSR count). The van der Waals surface area contributed by atoms with Gasteiger partial charge in [-0.1, -0.05) is 32.4 Å². The highest BCUT2D eigenvalue weighted by molar-refractivity contribution is 7.89. The van der Waals surface area contributed by atoms with E-state index in [0.717, 1.165) is 19.5 Å². The Hall–Kier alpha value is -1.15. The maximum atomic E-state index is 12.7. The summed E-state index contributed by atoms with van der Waals surface area (Å²) < 4.78 is 26.8. The SMILES string of the molecule is CCN(CC)S(=O)(=O)c1cc(NC(=O)C[NH+]2CCC[C@@H](C)C2)ccc1Cl. The van der Waals surface area contributed by atoms with Gasteiger partial charge in [-0.25, -0.2) is 8.42 Å². The van der Waals surface area contributed by atoms with Crippen molar-refractivity contribution in [3.05, 3.63) is 23.2 Å². The average Bonchev–Trinajstić information content (AvgIpc) is 2.57. The molecule has 1 amide bonds. The smallest absolute Gasteiger partial charge is 0.279 e. The van der Waals surface area contributed by atoms with E-state index < -0.39 is 10.0 Å². The van der Waals surface area contributed by atoms with Crippen molar-refractivity contribution in [3.8, 4) is 0 Å². The lowest BCUT2D eigenvalue weighted by Crippen LogP contribution is -3.14. The number of hydrogen-bond acceptors (Lipinski definition) is 3. The first-order valence-corrected chi connectivity index (χ1v) is 11.0. The van der Waals surface area contributed by atoms with Crippen LogP contribution in [0.2, 0.25) is 5.02 Å². The topological polar surface area (TPSA) is 70.9 Å². The third kappa shape index (κ3) is 5.19.